The first-order chi connectivity index (χ1) is 9.24. The average molecular weight is 361 g/mol. The highest BCUT2D eigenvalue weighted by molar-refractivity contribution is 9.10. The van der Waals surface area contributed by atoms with Crippen molar-refractivity contribution in [2.24, 2.45) is 0 Å². The summed E-state index contributed by atoms with van der Waals surface area (Å²) in [6.45, 7) is 5.25. The van der Waals surface area contributed by atoms with Gasteiger partial charge in [-0.1, -0.05) is 22.0 Å². The Morgan fingerprint density at radius 1 is 1.50 bits per heavy atom. The molecule has 0 aromatic heterocycles. The fourth-order valence-corrected chi connectivity index (χ4v) is 2.52. The summed E-state index contributed by atoms with van der Waals surface area (Å²) in [5.74, 6) is -0.390. The summed E-state index contributed by atoms with van der Waals surface area (Å²) in [5.41, 5.74) is 1.61. The van der Waals surface area contributed by atoms with Gasteiger partial charge in [-0.25, -0.2) is 8.42 Å². The second-order valence-electron chi connectivity index (χ2n) is 4.36. The standard InChI is InChI=1S/C13H17BrN2O3S/c1-4-7-16(20(3,18)19)9-13(17)15-11-5-6-12(14)10(2)8-11/h4-6,8H,1,7,9H2,2-3H3,(H,15,17). The Bertz CT molecular complexity index is 614. The van der Waals surface area contributed by atoms with Gasteiger partial charge in [-0.2, -0.15) is 4.31 Å². The number of hydrogen-bond donors (Lipinski definition) is 1. The van der Waals surface area contributed by atoms with Crippen molar-refractivity contribution in [3.8, 4) is 0 Å². The summed E-state index contributed by atoms with van der Waals surface area (Å²) in [6.07, 6.45) is 2.51. The molecule has 1 aromatic rings. The fourth-order valence-electron chi connectivity index (χ4n) is 1.54. The fraction of sp³-hybridized carbons (Fsp3) is 0.308. The molecule has 0 spiro atoms. The highest BCUT2D eigenvalue weighted by atomic mass is 79.9. The van der Waals surface area contributed by atoms with Crippen molar-refractivity contribution < 1.29 is 13.2 Å². The number of carbonyl (C=O) groups excluding carboxylic acids is 1. The Hall–Kier alpha value is -1.18. The van der Waals surface area contributed by atoms with E-state index in [-0.39, 0.29) is 19.0 Å². The highest BCUT2D eigenvalue weighted by Gasteiger charge is 2.18. The monoisotopic (exact) mass is 360 g/mol. The van der Waals surface area contributed by atoms with Crippen LogP contribution in [0.15, 0.2) is 35.3 Å². The Labute approximate surface area is 127 Å². The van der Waals surface area contributed by atoms with Crippen molar-refractivity contribution >= 4 is 37.5 Å². The van der Waals surface area contributed by atoms with Crippen molar-refractivity contribution in [2.45, 2.75) is 6.92 Å². The highest BCUT2D eigenvalue weighted by Crippen LogP contribution is 2.19. The van der Waals surface area contributed by atoms with Crippen molar-refractivity contribution in [2.75, 3.05) is 24.7 Å². The number of carbonyl (C=O) groups is 1. The number of nitrogens with zero attached hydrogens (tertiary/aromatic N) is 1. The molecule has 0 heterocycles. The molecule has 0 radical (unpaired) electrons. The maximum atomic E-state index is 11.9. The summed E-state index contributed by atoms with van der Waals surface area (Å²) in [7, 11) is -3.44. The normalized spacial score (nSPS) is 11.4. The van der Waals surface area contributed by atoms with Crippen LogP contribution >= 0.6 is 15.9 Å². The summed E-state index contributed by atoms with van der Waals surface area (Å²) >= 11 is 3.37. The number of hydrogen-bond acceptors (Lipinski definition) is 3. The van der Waals surface area contributed by atoms with Crippen LogP contribution in [-0.2, 0) is 14.8 Å². The van der Waals surface area contributed by atoms with Gasteiger partial charge in [0.2, 0.25) is 15.9 Å². The van der Waals surface area contributed by atoms with Crippen LogP contribution < -0.4 is 5.32 Å². The zero-order valence-electron chi connectivity index (χ0n) is 11.4. The molecule has 1 rings (SSSR count). The van der Waals surface area contributed by atoms with Gasteiger partial charge in [-0.3, -0.25) is 4.79 Å². The molecule has 0 bridgehead atoms. The lowest BCUT2D eigenvalue weighted by molar-refractivity contribution is -0.116. The summed E-state index contributed by atoms with van der Waals surface area (Å²) in [4.78, 5) is 11.9. The first-order valence-corrected chi connectivity index (χ1v) is 8.50. The van der Waals surface area contributed by atoms with Crippen LogP contribution in [0.25, 0.3) is 0 Å². The molecule has 0 unspecified atom stereocenters. The molecule has 0 saturated carbocycles. The van der Waals surface area contributed by atoms with Crippen LogP contribution in [0, 0.1) is 6.92 Å². The Kier molecular flexibility index (Phi) is 5.91. The SMILES string of the molecule is C=CCN(CC(=O)Nc1ccc(Br)c(C)c1)S(C)(=O)=O. The first-order valence-electron chi connectivity index (χ1n) is 5.86. The number of aryl methyl sites for hydroxylation is 1. The molecule has 5 nitrogen and oxygen atoms in total. The van der Waals surface area contributed by atoms with E-state index in [4.69, 9.17) is 0 Å². The van der Waals surface area contributed by atoms with Crippen LogP contribution in [-0.4, -0.2) is 38.0 Å². The second kappa shape index (κ2) is 7.01. The third kappa shape index (κ3) is 5.07. The molecule has 0 fully saturated rings. The minimum atomic E-state index is -3.44. The molecule has 7 heteroatoms. The van der Waals surface area contributed by atoms with Gasteiger partial charge in [-0.05, 0) is 30.7 Å². The van der Waals surface area contributed by atoms with Gasteiger partial charge in [0, 0.05) is 16.7 Å². The van der Waals surface area contributed by atoms with E-state index in [0.717, 1.165) is 20.6 Å². The topological polar surface area (TPSA) is 66.5 Å². The van der Waals surface area contributed by atoms with E-state index in [1.54, 1.807) is 12.1 Å². The molecule has 0 atom stereocenters. The van der Waals surface area contributed by atoms with Crippen molar-refractivity contribution in [3.05, 3.63) is 40.9 Å². The van der Waals surface area contributed by atoms with Gasteiger partial charge < -0.3 is 5.32 Å². The van der Waals surface area contributed by atoms with Crippen molar-refractivity contribution in [1.29, 1.82) is 0 Å². The van der Waals surface area contributed by atoms with E-state index in [9.17, 15) is 13.2 Å². The van der Waals surface area contributed by atoms with Gasteiger partial charge >= 0.3 is 0 Å². The molecule has 1 amide bonds. The van der Waals surface area contributed by atoms with Crippen LogP contribution in [0.4, 0.5) is 5.69 Å². The molecule has 1 aromatic carbocycles. The van der Waals surface area contributed by atoms with Crippen molar-refractivity contribution in [1.82, 2.24) is 4.31 Å². The van der Waals surface area contributed by atoms with Crippen LogP contribution in [0.5, 0.6) is 0 Å². The third-order valence-electron chi connectivity index (χ3n) is 2.56. The van der Waals surface area contributed by atoms with Crippen LogP contribution in [0.1, 0.15) is 5.56 Å². The summed E-state index contributed by atoms with van der Waals surface area (Å²) < 4.78 is 25.0. The Balaban J connectivity index is 2.75. The largest absolute Gasteiger partial charge is 0.325 e. The predicted molar refractivity (Wildman–Crippen MR) is 84.1 cm³/mol. The zero-order chi connectivity index (χ0) is 15.3. The zero-order valence-corrected chi connectivity index (χ0v) is 13.8. The van der Waals surface area contributed by atoms with Gasteiger partial charge in [0.05, 0.1) is 12.8 Å². The van der Waals surface area contributed by atoms with E-state index >= 15 is 0 Å². The van der Waals surface area contributed by atoms with E-state index < -0.39 is 10.0 Å². The van der Waals surface area contributed by atoms with Gasteiger partial charge in [-0.15, -0.1) is 6.58 Å². The molecule has 20 heavy (non-hydrogen) atoms. The quantitative estimate of drug-likeness (QED) is 0.790. The number of benzene rings is 1. The number of sulfonamides is 1. The Morgan fingerprint density at radius 2 is 2.15 bits per heavy atom. The number of anilines is 1. The summed E-state index contributed by atoms with van der Waals surface area (Å²) in [5, 5.41) is 2.67. The number of rotatable bonds is 6. The van der Waals surface area contributed by atoms with E-state index in [2.05, 4.69) is 27.8 Å². The molecular formula is C13H17BrN2O3S. The third-order valence-corrected chi connectivity index (χ3v) is 4.67. The maximum Gasteiger partial charge on any atom is 0.239 e. The summed E-state index contributed by atoms with van der Waals surface area (Å²) in [6, 6.07) is 5.37. The lowest BCUT2D eigenvalue weighted by atomic mass is 10.2. The smallest absolute Gasteiger partial charge is 0.239 e. The molecule has 0 aliphatic carbocycles. The molecular weight excluding hydrogens is 344 g/mol. The second-order valence-corrected chi connectivity index (χ2v) is 7.19. The molecule has 0 saturated heterocycles. The van der Waals surface area contributed by atoms with Gasteiger partial charge in [0.25, 0.3) is 0 Å². The lowest BCUT2D eigenvalue weighted by Crippen LogP contribution is -2.37. The van der Waals surface area contributed by atoms with E-state index in [1.165, 1.54) is 6.08 Å². The van der Waals surface area contributed by atoms with Crippen molar-refractivity contribution in [3.63, 3.8) is 0 Å². The van der Waals surface area contributed by atoms with Gasteiger partial charge in [0.1, 0.15) is 0 Å². The predicted octanol–water partition coefficient (Wildman–Crippen LogP) is 2.14. The molecule has 0 aliphatic rings. The lowest BCUT2D eigenvalue weighted by Gasteiger charge is -2.17. The maximum absolute atomic E-state index is 11.9. The molecule has 0 aliphatic heterocycles. The number of nitrogens with one attached hydrogen (secondary N) is 1. The minimum Gasteiger partial charge on any atom is -0.325 e. The van der Waals surface area contributed by atoms with E-state index in [0.29, 0.717) is 5.69 Å². The van der Waals surface area contributed by atoms with Crippen LogP contribution in [0.2, 0.25) is 0 Å². The number of halogens is 1. The number of amides is 1. The first kappa shape index (κ1) is 16.9. The molecule has 110 valence electrons. The van der Waals surface area contributed by atoms with E-state index in [1.807, 2.05) is 13.0 Å². The molecule has 1 N–H and O–H groups in total. The minimum absolute atomic E-state index is 0.103. The van der Waals surface area contributed by atoms with Crippen LogP contribution in [0.3, 0.4) is 0 Å². The Morgan fingerprint density at radius 3 is 2.65 bits per heavy atom. The average Bonchev–Trinajstić information content (AvgIpc) is 2.32. The van der Waals surface area contributed by atoms with Gasteiger partial charge in [0.15, 0.2) is 0 Å².